The molecule has 0 spiro atoms. The number of ether oxygens (including phenoxy) is 2. The number of aryl methyl sites for hydroxylation is 1. The van der Waals surface area contributed by atoms with E-state index in [2.05, 4.69) is 102 Å². The molecule has 0 saturated heterocycles. The molecule has 0 bridgehead atoms. The van der Waals surface area contributed by atoms with Crippen LogP contribution in [-0.2, 0) is 41.8 Å². The summed E-state index contributed by atoms with van der Waals surface area (Å²) < 4.78 is 20.2. The number of imidazole rings is 1. The lowest BCUT2D eigenvalue weighted by Crippen LogP contribution is -2.48. The van der Waals surface area contributed by atoms with E-state index in [1.165, 1.54) is 27.0 Å². The summed E-state index contributed by atoms with van der Waals surface area (Å²) in [5, 5.41) is 1.34. The van der Waals surface area contributed by atoms with Crippen LogP contribution in [0, 0.1) is 0 Å². The van der Waals surface area contributed by atoms with Gasteiger partial charge in [-0.1, -0.05) is 80.0 Å². The number of nitrogens with zero attached hydrogens (tertiary/aromatic N) is 3. The molecule has 5 nitrogen and oxygen atoms in total. The molecule has 0 amide bonds. The summed E-state index contributed by atoms with van der Waals surface area (Å²) in [6.07, 6.45) is 27.9. The maximum Gasteiger partial charge on any atom is 0.302 e. The van der Waals surface area contributed by atoms with Gasteiger partial charge in [0.25, 0.3) is 5.82 Å². The van der Waals surface area contributed by atoms with Crippen LogP contribution >= 0.6 is 11.3 Å². The van der Waals surface area contributed by atoms with Gasteiger partial charge in [0.1, 0.15) is 12.3 Å². The lowest BCUT2D eigenvalue weighted by Gasteiger charge is -2.25. The van der Waals surface area contributed by atoms with Crippen molar-refractivity contribution in [2.75, 3.05) is 7.11 Å². The van der Waals surface area contributed by atoms with Gasteiger partial charge in [0.2, 0.25) is 11.6 Å². The van der Waals surface area contributed by atoms with Crippen LogP contribution < -0.4 is 9.13 Å². The molecule has 0 N–H and O–H groups in total. The molecule has 216 valence electrons. The van der Waals surface area contributed by atoms with Crippen molar-refractivity contribution in [3.63, 3.8) is 0 Å². The number of methoxy groups -OCH3 is 1. The molecular weight excluding hydrogens is 526 g/mol. The third-order valence-corrected chi connectivity index (χ3v) is 9.68. The van der Waals surface area contributed by atoms with Gasteiger partial charge in [-0.2, -0.15) is 9.13 Å². The molecule has 2 aromatic heterocycles. The maximum atomic E-state index is 6.93. The highest BCUT2D eigenvalue weighted by Crippen LogP contribution is 2.38. The molecule has 0 fully saturated rings. The third-order valence-electron chi connectivity index (χ3n) is 8.29. The van der Waals surface area contributed by atoms with Gasteiger partial charge in [0.15, 0.2) is 17.1 Å². The Morgan fingerprint density at radius 3 is 2.80 bits per heavy atom. The van der Waals surface area contributed by atoms with E-state index in [-0.39, 0.29) is 18.2 Å². The smallest absolute Gasteiger partial charge is 0.302 e. The van der Waals surface area contributed by atoms with Crippen LogP contribution in [0.2, 0.25) is 0 Å². The van der Waals surface area contributed by atoms with Crippen LogP contribution in [0.15, 0.2) is 73.6 Å². The average Bonchev–Trinajstić information content (AvgIpc) is 3.38. The second-order valence-electron chi connectivity index (χ2n) is 10.9. The van der Waals surface area contributed by atoms with E-state index in [0.717, 1.165) is 62.2 Å². The summed E-state index contributed by atoms with van der Waals surface area (Å²) in [6, 6.07) is 0. The molecule has 6 heteroatoms. The zero-order valence-electron chi connectivity index (χ0n) is 25.1. The monoisotopic (exact) mass is 571 g/mol. The minimum Gasteiger partial charge on any atom is -0.445 e. The Labute approximate surface area is 249 Å². The lowest BCUT2D eigenvalue weighted by molar-refractivity contribution is -0.719. The van der Waals surface area contributed by atoms with Crippen LogP contribution in [0.5, 0.6) is 0 Å². The van der Waals surface area contributed by atoms with Crippen molar-refractivity contribution in [3.8, 4) is 0 Å². The SMILES string of the molecule is C=CC[n+]1c2c(n3c1C(=C)C(=CC=CCC)OC3C[n+]1c(C(C=CC)C(C)OC)sc3c1CC=CCC3)CCC=C2. The van der Waals surface area contributed by atoms with Crippen LogP contribution in [0.4, 0.5) is 0 Å². The predicted molar refractivity (Wildman–Crippen MR) is 169 cm³/mol. The Morgan fingerprint density at radius 1 is 1.22 bits per heavy atom. The van der Waals surface area contributed by atoms with E-state index in [1.807, 2.05) is 24.5 Å². The summed E-state index contributed by atoms with van der Waals surface area (Å²) in [6.45, 7) is 16.5. The number of hydrogen-bond acceptors (Lipinski definition) is 3. The van der Waals surface area contributed by atoms with Crippen LogP contribution in [0.3, 0.4) is 0 Å². The molecule has 0 saturated carbocycles. The predicted octanol–water partition coefficient (Wildman–Crippen LogP) is 7.10. The molecule has 1 aliphatic heterocycles. The summed E-state index contributed by atoms with van der Waals surface area (Å²) in [4.78, 5) is 1.48. The van der Waals surface area contributed by atoms with Gasteiger partial charge >= 0.3 is 6.23 Å². The van der Waals surface area contributed by atoms with E-state index in [9.17, 15) is 0 Å². The molecule has 41 heavy (non-hydrogen) atoms. The minimum atomic E-state index is -0.207. The van der Waals surface area contributed by atoms with Crippen molar-refractivity contribution in [2.45, 2.75) is 90.6 Å². The van der Waals surface area contributed by atoms with Gasteiger partial charge in [-0.15, -0.1) is 0 Å². The van der Waals surface area contributed by atoms with Gasteiger partial charge in [0.05, 0.1) is 28.9 Å². The molecule has 3 atom stereocenters. The second-order valence-corrected chi connectivity index (χ2v) is 12.0. The Bertz CT molecular complexity index is 1450. The summed E-state index contributed by atoms with van der Waals surface area (Å²) >= 11 is 1.95. The molecule has 2 aromatic rings. The van der Waals surface area contributed by atoms with Gasteiger partial charge in [0, 0.05) is 13.5 Å². The van der Waals surface area contributed by atoms with E-state index < -0.39 is 0 Å². The number of allylic oxidation sites excluding steroid dienone is 9. The van der Waals surface area contributed by atoms with Crippen molar-refractivity contribution in [1.29, 1.82) is 0 Å². The van der Waals surface area contributed by atoms with Crippen LogP contribution in [0.25, 0.3) is 11.6 Å². The van der Waals surface area contributed by atoms with E-state index in [1.54, 1.807) is 0 Å². The van der Waals surface area contributed by atoms with E-state index in [4.69, 9.17) is 9.47 Å². The molecule has 0 radical (unpaired) electrons. The van der Waals surface area contributed by atoms with E-state index >= 15 is 0 Å². The second kappa shape index (κ2) is 13.2. The topological polar surface area (TPSA) is 31.1 Å². The van der Waals surface area contributed by atoms with Crippen molar-refractivity contribution >= 4 is 23.0 Å². The van der Waals surface area contributed by atoms with Crippen LogP contribution in [-0.4, -0.2) is 17.8 Å². The molecule has 0 aromatic carbocycles. The molecule has 3 unspecified atom stereocenters. The first kappa shape index (κ1) is 29.3. The Balaban J connectivity index is 1.70. The lowest BCUT2D eigenvalue weighted by atomic mass is 10.0. The van der Waals surface area contributed by atoms with Crippen molar-refractivity contribution in [3.05, 3.63) is 106 Å². The summed E-state index contributed by atoms with van der Waals surface area (Å²) in [5.74, 6) is 2.12. The molecular formula is C35H45N3O2S+2. The standard InChI is InChI=1S/C35H45N3O2S/c1-7-10-12-21-31-25(4)34-36(23-9-3)28-18-15-16-19-29(28)38(34)33(40-31)24-37-30-20-13-11-14-22-32(30)41-35(37)27(17-8-2)26(5)39-6/h8-13,15,17-18,21,26-27,33H,3-4,7,14,16,19-20,22-24H2,1-2,5-6H3/q+2. The molecule has 5 rings (SSSR count). The Kier molecular flexibility index (Phi) is 9.41. The fraction of sp³-hybridized carbons (Fsp3) is 0.429. The van der Waals surface area contributed by atoms with Crippen molar-refractivity contribution in [2.24, 2.45) is 0 Å². The largest absolute Gasteiger partial charge is 0.445 e. The molecule has 3 aliphatic rings. The number of thiazole rings is 1. The van der Waals surface area contributed by atoms with Gasteiger partial charge in [-0.05, 0) is 51.7 Å². The number of hydrogen-bond donors (Lipinski definition) is 0. The van der Waals surface area contributed by atoms with Crippen molar-refractivity contribution < 1.29 is 18.6 Å². The van der Waals surface area contributed by atoms with E-state index in [0.29, 0.717) is 6.54 Å². The number of rotatable bonds is 10. The summed E-state index contributed by atoms with van der Waals surface area (Å²) in [5.41, 5.74) is 4.88. The highest BCUT2D eigenvalue weighted by Gasteiger charge is 2.45. The first-order valence-electron chi connectivity index (χ1n) is 15.1. The van der Waals surface area contributed by atoms with Crippen molar-refractivity contribution in [1.82, 2.24) is 4.57 Å². The first-order valence-corrected chi connectivity index (χ1v) is 15.9. The zero-order chi connectivity index (χ0) is 28.9. The molecule has 2 aliphatic carbocycles. The normalized spacial score (nSPS) is 20.6. The average molecular weight is 572 g/mol. The zero-order valence-corrected chi connectivity index (χ0v) is 26.0. The van der Waals surface area contributed by atoms with Gasteiger partial charge in [-0.3, -0.25) is 0 Å². The fourth-order valence-corrected chi connectivity index (χ4v) is 7.72. The summed E-state index contributed by atoms with van der Waals surface area (Å²) in [7, 11) is 1.81. The minimum absolute atomic E-state index is 0.0618. The Hall–Kier alpha value is -3.22. The Morgan fingerprint density at radius 2 is 2.05 bits per heavy atom. The quantitative estimate of drug-likeness (QED) is 0.225. The number of aromatic nitrogens is 3. The first-order chi connectivity index (χ1) is 20.0. The van der Waals surface area contributed by atoms with Gasteiger partial charge < -0.3 is 9.47 Å². The maximum absolute atomic E-state index is 6.93. The van der Waals surface area contributed by atoms with Crippen LogP contribution in [0.1, 0.15) is 85.0 Å². The van der Waals surface area contributed by atoms with Gasteiger partial charge in [-0.25, -0.2) is 4.57 Å². The molecule has 3 heterocycles. The highest BCUT2D eigenvalue weighted by molar-refractivity contribution is 7.11. The number of fused-ring (bicyclic) bond motifs is 4. The highest BCUT2D eigenvalue weighted by atomic mass is 32.1. The third kappa shape index (κ3) is 5.64. The fourth-order valence-electron chi connectivity index (χ4n) is 6.23.